The van der Waals surface area contributed by atoms with E-state index in [0.717, 1.165) is 55.7 Å². The molecule has 0 fully saturated rings. The van der Waals surface area contributed by atoms with E-state index >= 15 is 0 Å². The van der Waals surface area contributed by atoms with Crippen molar-refractivity contribution >= 4 is 71.3 Å². The van der Waals surface area contributed by atoms with Gasteiger partial charge >= 0.3 is 0 Å². The Balaban J connectivity index is 1.11. The third kappa shape index (κ3) is 6.12. The second-order valence-corrected chi connectivity index (χ2v) is 16.1. The monoisotopic (exact) mass is 789 g/mol. The molecule has 0 unspecified atom stereocenters. The number of anilines is 3. The number of hydrogen-bond donors (Lipinski definition) is 0. The molecule has 1 aromatic heterocycles. The maximum Gasteiger partial charge on any atom is 0.136 e. The van der Waals surface area contributed by atoms with Crippen LogP contribution in [0.2, 0.25) is 0 Å². The number of nitrogens with zero attached hydrogens (tertiary/aromatic N) is 1. The predicted octanol–water partition coefficient (Wildman–Crippen LogP) is 17.2. The van der Waals surface area contributed by atoms with Gasteiger partial charge in [0.05, 0.1) is 5.69 Å². The first-order valence-electron chi connectivity index (χ1n) is 21.2. The smallest absolute Gasteiger partial charge is 0.136 e. The molecule has 0 aliphatic carbocycles. The van der Waals surface area contributed by atoms with Gasteiger partial charge in [-0.15, -0.1) is 0 Å². The molecule has 0 saturated carbocycles. The van der Waals surface area contributed by atoms with Crippen LogP contribution in [0.4, 0.5) is 17.1 Å². The van der Waals surface area contributed by atoms with E-state index in [0.29, 0.717) is 0 Å². The quantitative estimate of drug-likeness (QED) is 0.150. The van der Waals surface area contributed by atoms with Crippen molar-refractivity contribution in [2.75, 3.05) is 4.90 Å². The van der Waals surface area contributed by atoms with Crippen molar-refractivity contribution < 1.29 is 4.42 Å². The Morgan fingerprint density at radius 2 is 0.839 bits per heavy atom. The van der Waals surface area contributed by atoms with Gasteiger partial charge in [-0.05, 0) is 132 Å². The molecule has 2 nitrogen and oxygen atoms in total. The lowest BCUT2D eigenvalue weighted by atomic mass is 9.87. The van der Waals surface area contributed by atoms with E-state index in [1.54, 1.807) is 0 Å². The van der Waals surface area contributed by atoms with Crippen LogP contribution in [0.3, 0.4) is 0 Å². The Hall–Kier alpha value is -8.20. The number of para-hydroxylation sites is 1. The minimum Gasteiger partial charge on any atom is -0.456 e. The number of rotatable bonds is 7. The molecule has 290 valence electrons. The van der Waals surface area contributed by atoms with Gasteiger partial charge in [-0.3, -0.25) is 0 Å². The largest absolute Gasteiger partial charge is 0.456 e. The predicted molar refractivity (Wildman–Crippen MR) is 263 cm³/mol. The lowest BCUT2D eigenvalue weighted by molar-refractivity contribution is 0.669. The Morgan fingerprint density at radius 3 is 1.61 bits per heavy atom. The number of fused-ring (bicyclic) bond motifs is 7. The molecule has 0 N–H and O–H groups in total. The van der Waals surface area contributed by atoms with Crippen molar-refractivity contribution in [1.29, 1.82) is 0 Å². The lowest BCUT2D eigenvalue weighted by Gasteiger charge is -2.30. The van der Waals surface area contributed by atoms with Gasteiger partial charge < -0.3 is 9.32 Å². The molecule has 1 heterocycles. The number of hydrogen-bond acceptors (Lipinski definition) is 2. The minimum atomic E-state index is 0.876. The summed E-state index contributed by atoms with van der Waals surface area (Å²) in [7, 11) is 0. The summed E-state index contributed by atoms with van der Waals surface area (Å²) < 4.78 is 6.51. The fourth-order valence-electron chi connectivity index (χ4n) is 9.44. The summed E-state index contributed by atoms with van der Waals surface area (Å²) >= 11 is 0. The van der Waals surface area contributed by atoms with Crippen LogP contribution in [-0.4, -0.2) is 0 Å². The van der Waals surface area contributed by atoms with Crippen LogP contribution in [-0.2, 0) is 0 Å². The van der Waals surface area contributed by atoms with Gasteiger partial charge in [-0.2, -0.15) is 0 Å². The van der Waals surface area contributed by atoms with E-state index in [9.17, 15) is 0 Å². The molecule has 0 spiro atoms. The maximum atomic E-state index is 6.51. The van der Waals surface area contributed by atoms with Crippen molar-refractivity contribution in [3.8, 4) is 44.5 Å². The third-order valence-electron chi connectivity index (χ3n) is 12.5. The molecule has 0 bridgehead atoms. The topological polar surface area (TPSA) is 16.4 Å². The Labute approximate surface area is 360 Å². The molecule has 0 radical (unpaired) electrons. The molecule has 12 aromatic rings. The van der Waals surface area contributed by atoms with Crippen molar-refractivity contribution in [3.63, 3.8) is 0 Å². The zero-order chi connectivity index (χ0) is 41.0. The van der Waals surface area contributed by atoms with Crippen LogP contribution >= 0.6 is 0 Å². The Morgan fingerprint density at radius 1 is 0.274 bits per heavy atom. The first-order chi connectivity index (χ1) is 30.7. The molecule has 0 aliphatic heterocycles. The molecular formula is C60H39NO. The van der Waals surface area contributed by atoms with E-state index in [2.05, 4.69) is 235 Å². The molecule has 12 rings (SSSR count). The van der Waals surface area contributed by atoms with Gasteiger partial charge in [0.1, 0.15) is 11.2 Å². The Kier molecular flexibility index (Phi) is 8.53. The van der Waals surface area contributed by atoms with E-state index in [1.807, 2.05) is 6.07 Å². The normalized spacial score (nSPS) is 11.5. The molecule has 0 aliphatic rings. The lowest BCUT2D eigenvalue weighted by Crippen LogP contribution is -2.12. The highest BCUT2D eigenvalue weighted by molar-refractivity contribution is 6.17. The molecule has 11 aromatic carbocycles. The molecular weight excluding hydrogens is 751 g/mol. The van der Waals surface area contributed by atoms with Crippen LogP contribution in [0, 0.1) is 0 Å². The van der Waals surface area contributed by atoms with E-state index in [-0.39, 0.29) is 0 Å². The van der Waals surface area contributed by atoms with E-state index in [1.165, 1.54) is 60.1 Å². The Bertz CT molecular complexity index is 3620. The summed E-state index contributed by atoms with van der Waals surface area (Å²) in [5.74, 6) is 0. The molecule has 2 heteroatoms. The number of benzene rings is 11. The average molecular weight is 790 g/mol. The highest BCUT2D eigenvalue weighted by Crippen LogP contribution is 2.49. The highest BCUT2D eigenvalue weighted by atomic mass is 16.3. The van der Waals surface area contributed by atoms with Crippen LogP contribution in [0.1, 0.15) is 0 Å². The highest BCUT2D eigenvalue weighted by Gasteiger charge is 2.23. The van der Waals surface area contributed by atoms with Crippen LogP contribution in [0.15, 0.2) is 241 Å². The van der Waals surface area contributed by atoms with Gasteiger partial charge in [0.15, 0.2) is 0 Å². The van der Waals surface area contributed by atoms with Gasteiger partial charge in [0.2, 0.25) is 0 Å². The standard InChI is InChI=1S/C60H39NO/c1-2-13-40(14-3-1)42-27-32-48(33-28-42)61(49-34-29-43(30-35-49)45-26-25-41-15-4-5-16-44(41)37-45)57-23-12-22-51(47-31-36-55-54-21-10-11-24-58(54)62-59(55)39-47)60(57)56-38-46-17-6-7-18-50(46)52-19-8-9-20-53(52)56/h1-39H. The van der Waals surface area contributed by atoms with Gasteiger partial charge in [-0.25, -0.2) is 0 Å². The van der Waals surface area contributed by atoms with Crippen LogP contribution in [0.5, 0.6) is 0 Å². The minimum absolute atomic E-state index is 0.876. The van der Waals surface area contributed by atoms with E-state index < -0.39 is 0 Å². The van der Waals surface area contributed by atoms with Crippen LogP contribution < -0.4 is 4.90 Å². The summed E-state index contributed by atoms with van der Waals surface area (Å²) in [5.41, 5.74) is 14.3. The van der Waals surface area contributed by atoms with Crippen molar-refractivity contribution in [1.82, 2.24) is 0 Å². The summed E-state index contributed by atoms with van der Waals surface area (Å²) in [5, 5.41) is 9.60. The van der Waals surface area contributed by atoms with Crippen molar-refractivity contribution in [2.45, 2.75) is 0 Å². The fourth-order valence-corrected chi connectivity index (χ4v) is 9.44. The molecule has 62 heavy (non-hydrogen) atoms. The fraction of sp³-hybridized carbons (Fsp3) is 0. The second-order valence-electron chi connectivity index (χ2n) is 16.1. The second kappa shape index (κ2) is 14.8. The van der Waals surface area contributed by atoms with Gasteiger partial charge in [-0.1, -0.05) is 176 Å². The average Bonchev–Trinajstić information content (AvgIpc) is 3.72. The SMILES string of the molecule is c1ccc(-c2ccc(N(c3ccc(-c4ccc5ccccc5c4)cc3)c3cccc(-c4ccc5c(c4)oc4ccccc45)c3-c3cc4ccccc4c4ccccc34)cc2)cc1. The summed E-state index contributed by atoms with van der Waals surface area (Å²) in [4.78, 5) is 2.43. The number of furan rings is 1. The maximum absolute atomic E-state index is 6.51. The molecule has 0 amide bonds. The van der Waals surface area contributed by atoms with Crippen molar-refractivity contribution in [3.05, 3.63) is 237 Å². The zero-order valence-corrected chi connectivity index (χ0v) is 33.9. The summed E-state index contributed by atoms with van der Waals surface area (Å²) in [6.07, 6.45) is 0. The van der Waals surface area contributed by atoms with E-state index in [4.69, 9.17) is 4.42 Å². The van der Waals surface area contributed by atoms with Crippen LogP contribution in [0.25, 0.3) is 98.8 Å². The van der Waals surface area contributed by atoms with Gasteiger partial charge in [0, 0.05) is 27.7 Å². The first-order valence-corrected chi connectivity index (χ1v) is 21.2. The first kappa shape index (κ1) is 35.7. The summed E-state index contributed by atoms with van der Waals surface area (Å²) in [6.45, 7) is 0. The zero-order valence-electron chi connectivity index (χ0n) is 33.9. The molecule has 0 atom stereocenters. The summed E-state index contributed by atoms with van der Waals surface area (Å²) in [6, 6.07) is 85.7. The molecule has 0 saturated heterocycles. The van der Waals surface area contributed by atoms with Crippen molar-refractivity contribution in [2.24, 2.45) is 0 Å². The van der Waals surface area contributed by atoms with Gasteiger partial charge in [0.25, 0.3) is 0 Å². The third-order valence-corrected chi connectivity index (χ3v) is 12.5.